The van der Waals surface area contributed by atoms with Crippen LogP contribution in [-0.4, -0.2) is 29.8 Å². The number of nitrogens with zero attached hydrogens (tertiary/aromatic N) is 2. The van der Waals surface area contributed by atoms with E-state index in [-0.39, 0.29) is 34.2 Å². The minimum Gasteiger partial charge on any atom is -0.434 e. The number of carbonyl (C=O) groups excluding carboxylic acids is 2. The normalized spacial score (nSPS) is 10.9. The second kappa shape index (κ2) is 9.87. The molecule has 0 aliphatic rings. The number of anilines is 1. The largest absolute Gasteiger partial charge is 0.513 e. The van der Waals surface area contributed by atoms with Gasteiger partial charge in [-0.15, -0.1) is 0 Å². The standard InChI is InChI=1S/C24H25ClN2O5/c1-5-27(16-10-7-6-8-11-16)23(29)20-21(32-24(30)31-14-15(2)3)19-17(25)12-9-13-18(19)26(4)22(20)28/h6-13,15H,5,14H2,1-4H3. The Kier molecular flexibility index (Phi) is 7.20. The number of halogens is 1. The van der Waals surface area contributed by atoms with Gasteiger partial charge in [0.1, 0.15) is 5.56 Å². The fraction of sp³-hybridized carbons (Fsp3) is 0.292. The Balaban J connectivity index is 2.23. The summed E-state index contributed by atoms with van der Waals surface area (Å²) in [4.78, 5) is 40.8. The van der Waals surface area contributed by atoms with Gasteiger partial charge in [-0.3, -0.25) is 9.59 Å². The summed E-state index contributed by atoms with van der Waals surface area (Å²) >= 11 is 6.43. The highest BCUT2D eigenvalue weighted by molar-refractivity contribution is 6.36. The molecule has 0 atom stereocenters. The van der Waals surface area contributed by atoms with Crippen LogP contribution in [0, 0.1) is 5.92 Å². The van der Waals surface area contributed by atoms with E-state index >= 15 is 0 Å². The van der Waals surface area contributed by atoms with Gasteiger partial charge in [-0.1, -0.05) is 49.7 Å². The predicted octanol–water partition coefficient (Wildman–Crippen LogP) is 5.03. The molecule has 1 amide bonds. The second-order valence-corrected chi connectivity index (χ2v) is 8.05. The van der Waals surface area contributed by atoms with Crippen molar-refractivity contribution in [2.75, 3.05) is 18.1 Å². The average molecular weight is 457 g/mol. The van der Waals surface area contributed by atoms with E-state index in [0.717, 1.165) is 0 Å². The summed E-state index contributed by atoms with van der Waals surface area (Å²) in [6.07, 6.45) is -1.01. The van der Waals surface area contributed by atoms with Crippen LogP contribution in [0.1, 0.15) is 31.1 Å². The molecule has 3 aromatic rings. The SMILES string of the molecule is CCN(C(=O)c1c(OC(=O)OCC(C)C)c2c(Cl)cccc2n(C)c1=O)c1ccccc1. The number of para-hydroxylation sites is 1. The van der Waals surface area contributed by atoms with Crippen molar-refractivity contribution in [3.63, 3.8) is 0 Å². The first kappa shape index (κ1) is 23.3. The third kappa shape index (κ3) is 4.62. The monoisotopic (exact) mass is 456 g/mol. The molecule has 0 unspecified atom stereocenters. The molecule has 0 bridgehead atoms. The molecule has 0 fully saturated rings. The number of hydrogen-bond donors (Lipinski definition) is 0. The number of amides is 1. The second-order valence-electron chi connectivity index (χ2n) is 7.64. The number of carbonyl (C=O) groups is 2. The molecule has 0 aliphatic heterocycles. The third-order valence-electron chi connectivity index (χ3n) is 4.89. The molecule has 1 aromatic heterocycles. The van der Waals surface area contributed by atoms with E-state index in [1.807, 2.05) is 19.9 Å². The molecular weight excluding hydrogens is 432 g/mol. The van der Waals surface area contributed by atoms with Gasteiger partial charge in [0.2, 0.25) is 0 Å². The van der Waals surface area contributed by atoms with Crippen molar-refractivity contribution in [2.24, 2.45) is 13.0 Å². The first-order valence-electron chi connectivity index (χ1n) is 10.3. The molecule has 0 aliphatic carbocycles. The molecule has 32 heavy (non-hydrogen) atoms. The zero-order valence-electron chi connectivity index (χ0n) is 18.4. The maximum Gasteiger partial charge on any atom is 0.513 e. The minimum atomic E-state index is -1.01. The summed E-state index contributed by atoms with van der Waals surface area (Å²) in [5, 5.41) is 0.520. The van der Waals surface area contributed by atoms with E-state index in [0.29, 0.717) is 17.7 Å². The highest BCUT2D eigenvalue weighted by Crippen LogP contribution is 2.34. The Labute approximate surface area is 191 Å². The van der Waals surface area contributed by atoms with Gasteiger partial charge in [-0.05, 0) is 37.1 Å². The lowest BCUT2D eigenvalue weighted by Gasteiger charge is -2.23. The Morgan fingerprint density at radius 3 is 2.41 bits per heavy atom. The van der Waals surface area contributed by atoms with Gasteiger partial charge in [0.15, 0.2) is 5.75 Å². The quantitative estimate of drug-likeness (QED) is 0.486. The van der Waals surface area contributed by atoms with Crippen LogP contribution in [0.25, 0.3) is 10.9 Å². The highest BCUT2D eigenvalue weighted by atomic mass is 35.5. The topological polar surface area (TPSA) is 77.8 Å². The molecule has 2 aromatic carbocycles. The smallest absolute Gasteiger partial charge is 0.434 e. The molecule has 3 rings (SSSR count). The summed E-state index contributed by atoms with van der Waals surface area (Å²) in [5.41, 5.74) is 0.134. The van der Waals surface area contributed by atoms with E-state index < -0.39 is 17.6 Å². The van der Waals surface area contributed by atoms with Crippen molar-refractivity contribution in [3.8, 4) is 5.75 Å². The Bertz CT molecular complexity index is 1200. The molecule has 0 N–H and O–H groups in total. The van der Waals surface area contributed by atoms with Crippen molar-refractivity contribution in [2.45, 2.75) is 20.8 Å². The fourth-order valence-corrected chi connectivity index (χ4v) is 3.60. The number of fused-ring (bicyclic) bond motifs is 1. The minimum absolute atomic E-state index is 0.0845. The fourth-order valence-electron chi connectivity index (χ4n) is 3.34. The summed E-state index contributed by atoms with van der Waals surface area (Å²) in [6, 6.07) is 13.9. The number of ether oxygens (including phenoxy) is 2. The van der Waals surface area contributed by atoms with E-state index in [1.54, 1.807) is 49.4 Å². The lowest BCUT2D eigenvalue weighted by atomic mass is 10.1. The van der Waals surface area contributed by atoms with Gasteiger partial charge < -0.3 is 18.9 Å². The Morgan fingerprint density at radius 2 is 1.78 bits per heavy atom. The van der Waals surface area contributed by atoms with Gasteiger partial charge >= 0.3 is 6.16 Å². The Morgan fingerprint density at radius 1 is 1.09 bits per heavy atom. The van der Waals surface area contributed by atoms with E-state index in [1.165, 1.54) is 16.5 Å². The zero-order chi connectivity index (χ0) is 23.4. The van der Waals surface area contributed by atoms with Gasteiger partial charge in [-0.2, -0.15) is 0 Å². The van der Waals surface area contributed by atoms with Crippen LogP contribution in [0.4, 0.5) is 10.5 Å². The molecule has 168 valence electrons. The summed E-state index contributed by atoms with van der Waals surface area (Å²) in [6.45, 7) is 5.98. The molecule has 7 nitrogen and oxygen atoms in total. The van der Waals surface area contributed by atoms with Crippen LogP contribution < -0.4 is 15.2 Å². The van der Waals surface area contributed by atoms with Crippen molar-refractivity contribution >= 4 is 40.3 Å². The molecule has 0 spiro atoms. The number of benzene rings is 2. The van der Waals surface area contributed by atoms with Crippen molar-refractivity contribution in [1.82, 2.24) is 4.57 Å². The number of pyridine rings is 1. The van der Waals surface area contributed by atoms with Crippen LogP contribution >= 0.6 is 11.6 Å². The van der Waals surface area contributed by atoms with E-state index in [9.17, 15) is 14.4 Å². The molecular formula is C24H25ClN2O5. The predicted molar refractivity (Wildman–Crippen MR) is 125 cm³/mol. The molecule has 0 radical (unpaired) electrons. The van der Waals surface area contributed by atoms with Gasteiger partial charge in [0.05, 0.1) is 22.5 Å². The van der Waals surface area contributed by atoms with E-state index in [2.05, 4.69) is 0 Å². The molecule has 0 saturated carbocycles. The molecule has 1 heterocycles. The van der Waals surface area contributed by atoms with Crippen LogP contribution in [0.3, 0.4) is 0 Å². The van der Waals surface area contributed by atoms with Crippen molar-refractivity contribution < 1.29 is 19.1 Å². The summed E-state index contributed by atoms with van der Waals surface area (Å²) in [5.74, 6) is -0.726. The van der Waals surface area contributed by atoms with Crippen LogP contribution in [0.15, 0.2) is 53.3 Å². The lowest BCUT2D eigenvalue weighted by molar-refractivity contribution is 0.0877. The number of aryl methyl sites for hydroxylation is 1. The Hall–Kier alpha value is -3.32. The summed E-state index contributed by atoms with van der Waals surface area (Å²) in [7, 11) is 1.54. The zero-order valence-corrected chi connectivity index (χ0v) is 19.2. The molecule has 8 heteroatoms. The average Bonchev–Trinajstić information content (AvgIpc) is 2.77. The van der Waals surface area contributed by atoms with Gasteiger partial charge in [0, 0.05) is 19.3 Å². The van der Waals surface area contributed by atoms with Crippen LogP contribution in [0.5, 0.6) is 5.75 Å². The maximum atomic E-state index is 13.6. The number of aromatic nitrogens is 1. The third-order valence-corrected chi connectivity index (χ3v) is 5.20. The number of rotatable bonds is 6. The summed E-state index contributed by atoms with van der Waals surface area (Å²) < 4.78 is 11.9. The first-order chi connectivity index (χ1) is 15.3. The van der Waals surface area contributed by atoms with Gasteiger partial charge in [0.25, 0.3) is 11.5 Å². The first-order valence-corrected chi connectivity index (χ1v) is 10.7. The molecule has 0 saturated heterocycles. The number of hydrogen-bond acceptors (Lipinski definition) is 5. The van der Waals surface area contributed by atoms with Crippen LogP contribution in [-0.2, 0) is 11.8 Å². The van der Waals surface area contributed by atoms with E-state index in [4.69, 9.17) is 21.1 Å². The maximum absolute atomic E-state index is 13.6. The van der Waals surface area contributed by atoms with Crippen molar-refractivity contribution in [1.29, 1.82) is 0 Å². The van der Waals surface area contributed by atoms with Crippen LogP contribution in [0.2, 0.25) is 5.02 Å². The highest BCUT2D eigenvalue weighted by Gasteiger charge is 2.29. The van der Waals surface area contributed by atoms with Crippen molar-refractivity contribution in [3.05, 3.63) is 69.5 Å². The van der Waals surface area contributed by atoms with Gasteiger partial charge in [-0.25, -0.2) is 4.79 Å². The lowest BCUT2D eigenvalue weighted by Crippen LogP contribution is -2.37.